The minimum absolute atomic E-state index is 0.218. The standard InChI is InChI=1S/C11H10I2N4O/c1-6-5-17(11(14)16-6)15-4-7-2-8(12)3-9(13)10(7)18/h2-5,18H,1H3,(H2,14,16). The molecule has 1 aromatic heterocycles. The van der Waals surface area contributed by atoms with Crippen LogP contribution in [0.15, 0.2) is 23.4 Å². The third kappa shape index (κ3) is 2.94. The molecule has 0 atom stereocenters. The molecule has 0 fully saturated rings. The van der Waals surface area contributed by atoms with Crippen LogP contribution in [0.5, 0.6) is 5.75 Å². The van der Waals surface area contributed by atoms with Crippen LogP contribution < -0.4 is 5.73 Å². The normalized spacial score (nSPS) is 11.3. The van der Waals surface area contributed by atoms with Gasteiger partial charge in [-0.05, 0) is 64.2 Å². The predicted octanol–water partition coefficient (Wildman–Crippen LogP) is 2.57. The van der Waals surface area contributed by atoms with E-state index >= 15 is 0 Å². The second-order valence-corrected chi connectivity index (χ2v) is 6.06. The van der Waals surface area contributed by atoms with E-state index in [1.165, 1.54) is 4.68 Å². The molecule has 0 saturated carbocycles. The lowest BCUT2D eigenvalue weighted by Crippen LogP contribution is -1.97. The number of imidazole rings is 1. The van der Waals surface area contributed by atoms with Gasteiger partial charge in [-0.25, -0.2) is 9.66 Å². The fraction of sp³-hybridized carbons (Fsp3) is 0.0909. The van der Waals surface area contributed by atoms with Gasteiger partial charge in [-0.3, -0.25) is 0 Å². The van der Waals surface area contributed by atoms with Crippen molar-refractivity contribution in [2.45, 2.75) is 6.92 Å². The number of anilines is 1. The molecule has 0 radical (unpaired) electrons. The van der Waals surface area contributed by atoms with Gasteiger partial charge in [-0.15, -0.1) is 0 Å². The Morgan fingerprint density at radius 1 is 1.44 bits per heavy atom. The number of hydrogen-bond donors (Lipinski definition) is 2. The number of aryl methyl sites for hydroxylation is 1. The highest BCUT2D eigenvalue weighted by molar-refractivity contribution is 14.1. The van der Waals surface area contributed by atoms with E-state index in [0.717, 1.165) is 12.8 Å². The molecule has 0 aliphatic rings. The minimum atomic E-state index is 0.218. The van der Waals surface area contributed by atoms with Crippen LogP contribution in [0, 0.1) is 14.1 Å². The maximum atomic E-state index is 9.92. The summed E-state index contributed by atoms with van der Waals surface area (Å²) >= 11 is 4.27. The van der Waals surface area contributed by atoms with Gasteiger partial charge in [0.05, 0.1) is 21.7 Å². The highest BCUT2D eigenvalue weighted by Crippen LogP contribution is 2.25. The van der Waals surface area contributed by atoms with Gasteiger partial charge in [0.2, 0.25) is 5.95 Å². The molecule has 0 aliphatic heterocycles. The van der Waals surface area contributed by atoms with E-state index in [0.29, 0.717) is 11.5 Å². The van der Waals surface area contributed by atoms with E-state index in [1.807, 2.05) is 19.1 Å². The fourth-order valence-corrected chi connectivity index (χ4v) is 3.29. The summed E-state index contributed by atoms with van der Waals surface area (Å²) in [7, 11) is 0. The second kappa shape index (κ2) is 5.43. The van der Waals surface area contributed by atoms with E-state index in [-0.39, 0.29) is 5.75 Å². The lowest BCUT2D eigenvalue weighted by atomic mass is 10.2. The van der Waals surface area contributed by atoms with Crippen molar-refractivity contribution in [2.75, 3.05) is 5.73 Å². The summed E-state index contributed by atoms with van der Waals surface area (Å²) in [5.41, 5.74) is 7.12. The van der Waals surface area contributed by atoms with Crippen LogP contribution in [-0.4, -0.2) is 21.0 Å². The topological polar surface area (TPSA) is 76.4 Å². The quantitative estimate of drug-likeness (QED) is 0.526. The molecule has 5 nitrogen and oxygen atoms in total. The first-order chi connectivity index (χ1) is 8.47. The van der Waals surface area contributed by atoms with E-state index in [9.17, 15) is 5.11 Å². The number of hydrogen-bond acceptors (Lipinski definition) is 4. The van der Waals surface area contributed by atoms with Crippen LogP contribution >= 0.6 is 45.2 Å². The number of phenols is 1. The van der Waals surface area contributed by atoms with E-state index in [2.05, 4.69) is 55.3 Å². The highest BCUT2D eigenvalue weighted by atomic mass is 127. The van der Waals surface area contributed by atoms with Crippen molar-refractivity contribution >= 4 is 57.3 Å². The van der Waals surface area contributed by atoms with Crippen LogP contribution in [0.25, 0.3) is 0 Å². The summed E-state index contributed by atoms with van der Waals surface area (Å²) in [6.45, 7) is 1.84. The van der Waals surface area contributed by atoms with Gasteiger partial charge in [0.1, 0.15) is 5.75 Å². The molecule has 94 valence electrons. The van der Waals surface area contributed by atoms with Gasteiger partial charge in [0.25, 0.3) is 0 Å². The molecule has 2 rings (SSSR count). The van der Waals surface area contributed by atoms with Crippen LogP contribution in [-0.2, 0) is 0 Å². The van der Waals surface area contributed by atoms with E-state index < -0.39 is 0 Å². The first-order valence-electron chi connectivity index (χ1n) is 5.01. The van der Waals surface area contributed by atoms with E-state index in [4.69, 9.17) is 5.73 Å². The lowest BCUT2D eigenvalue weighted by molar-refractivity contribution is 0.470. The SMILES string of the molecule is Cc1cn(N=Cc2cc(I)cc(I)c2O)c(N)n1. The Balaban J connectivity index is 2.37. The maximum absolute atomic E-state index is 9.92. The molecule has 7 heteroatoms. The molecule has 1 heterocycles. The summed E-state index contributed by atoms with van der Waals surface area (Å²) in [4.78, 5) is 4.04. The number of aromatic hydroxyl groups is 1. The summed E-state index contributed by atoms with van der Waals surface area (Å²) in [6, 6.07) is 3.74. The molecule has 3 N–H and O–H groups in total. The van der Waals surface area contributed by atoms with Gasteiger partial charge >= 0.3 is 0 Å². The molecule has 2 aromatic rings. The average molecular weight is 468 g/mol. The average Bonchev–Trinajstić information content (AvgIpc) is 2.60. The Morgan fingerprint density at radius 2 is 2.17 bits per heavy atom. The van der Waals surface area contributed by atoms with Gasteiger partial charge in [-0.2, -0.15) is 5.10 Å². The number of aromatic nitrogens is 2. The van der Waals surface area contributed by atoms with E-state index in [1.54, 1.807) is 12.4 Å². The summed E-state index contributed by atoms with van der Waals surface area (Å²) < 4.78 is 3.29. The van der Waals surface area contributed by atoms with Crippen molar-refractivity contribution in [1.29, 1.82) is 0 Å². The number of benzene rings is 1. The lowest BCUT2D eigenvalue weighted by Gasteiger charge is -2.03. The summed E-state index contributed by atoms with van der Waals surface area (Å²) in [6.07, 6.45) is 3.29. The largest absolute Gasteiger partial charge is 0.506 e. The van der Waals surface area contributed by atoms with Crippen molar-refractivity contribution < 1.29 is 5.11 Å². The van der Waals surface area contributed by atoms with Crippen molar-refractivity contribution in [3.63, 3.8) is 0 Å². The molecule has 0 bridgehead atoms. The zero-order valence-corrected chi connectivity index (χ0v) is 13.7. The predicted molar refractivity (Wildman–Crippen MR) is 87.9 cm³/mol. The number of nitrogens with two attached hydrogens (primary N) is 1. The van der Waals surface area contributed by atoms with Crippen molar-refractivity contribution in [3.05, 3.63) is 36.7 Å². The monoisotopic (exact) mass is 468 g/mol. The first-order valence-corrected chi connectivity index (χ1v) is 7.17. The summed E-state index contributed by atoms with van der Waals surface area (Å²) in [5, 5.41) is 14.1. The Hall–Kier alpha value is -0.840. The molecule has 0 amide bonds. The second-order valence-electron chi connectivity index (χ2n) is 3.66. The van der Waals surface area contributed by atoms with Crippen LogP contribution in [0.3, 0.4) is 0 Å². The minimum Gasteiger partial charge on any atom is -0.506 e. The number of nitrogen functional groups attached to an aromatic ring is 1. The third-order valence-corrected chi connectivity index (χ3v) is 3.66. The molecule has 0 aliphatic carbocycles. The number of nitrogens with zero attached hydrogens (tertiary/aromatic N) is 3. The van der Waals surface area contributed by atoms with Crippen LogP contribution in [0.2, 0.25) is 0 Å². The molecule has 0 saturated heterocycles. The Kier molecular flexibility index (Phi) is 4.10. The Labute approximate surface area is 131 Å². The fourth-order valence-electron chi connectivity index (χ4n) is 1.41. The molecule has 18 heavy (non-hydrogen) atoms. The first kappa shape index (κ1) is 13.6. The van der Waals surface area contributed by atoms with Crippen molar-refractivity contribution in [2.24, 2.45) is 5.10 Å². The van der Waals surface area contributed by atoms with Crippen molar-refractivity contribution in [3.8, 4) is 5.75 Å². The number of rotatable bonds is 2. The zero-order valence-electron chi connectivity index (χ0n) is 9.43. The Bertz CT molecular complexity index is 622. The Morgan fingerprint density at radius 3 is 2.78 bits per heavy atom. The molecular weight excluding hydrogens is 458 g/mol. The molecular formula is C11H10I2N4O. The molecule has 0 unspecified atom stereocenters. The van der Waals surface area contributed by atoms with Gasteiger partial charge < -0.3 is 10.8 Å². The highest BCUT2D eigenvalue weighted by Gasteiger charge is 2.05. The maximum Gasteiger partial charge on any atom is 0.221 e. The molecule has 0 spiro atoms. The van der Waals surface area contributed by atoms with Gasteiger partial charge in [-0.1, -0.05) is 0 Å². The van der Waals surface area contributed by atoms with Gasteiger partial charge in [0.15, 0.2) is 0 Å². The number of halogens is 2. The zero-order chi connectivity index (χ0) is 13.3. The molecule has 1 aromatic carbocycles. The van der Waals surface area contributed by atoms with Crippen molar-refractivity contribution in [1.82, 2.24) is 9.66 Å². The third-order valence-electron chi connectivity index (χ3n) is 2.21. The van der Waals surface area contributed by atoms with Gasteiger partial charge in [0, 0.05) is 9.13 Å². The van der Waals surface area contributed by atoms with Crippen LogP contribution in [0.1, 0.15) is 11.3 Å². The smallest absolute Gasteiger partial charge is 0.221 e. The van der Waals surface area contributed by atoms with Crippen LogP contribution in [0.4, 0.5) is 5.95 Å². The summed E-state index contributed by atoms with van der Waals surface area (Å²) in [5.74, 6) is 0.540. The number of phenolic OH excluding ortho intramolecular Hbond substituents is 1.